The van der Waals surface area contributed by atoms with Crippen molar-refractivity contribution >= 4 is 5.82 Å². The first-order valence-corrected chi connectivity index (χ1v) is 5.92. The monoisotopic (exact) mass is 231 g/mol. The molecule has 1 rings (SSSR count). The quantitative estimate of drug-likeness (QED) is 0.802. The molecule has 0 aliphatic heterocycles. The Morgan fingerprint density at radius 1 is 1.41 bits per heavy atom. The lowest BCUT2D eigenvalue weighted by molar-refractivity contribution is 0.586. The van der Waals surface area contributed by atoms with Gasteiger partial charge in [-0.3, -0.25) is 0 Å². The lowest BCUT2D eigenvalue weighted by Crippen LogP contribution is -2.29. The molecular formula is C14H21N3. The minimum Gasteiger partial charge on any atom is -0.356 e. The third-order valence-corrected chi connectivity index (χ3v) is 3.02. The number of pyridine rings is 1. The maximum Gasteiger partial charge on any atom is 0.128 e. The van der Waals surface area contributed by atoms with Crippen molar-refractivity contribution in [1.29, 1.82) is 5.26 Å². The molecule has 17 heavy (non-hydrogen) atoms. The predicted molar refractivity (Wildman–Crippen MR) is 71.0 cm³/mol. The van der Waals surface area contributed by atoms with Crippen LogP contribution in [0, 0.1) is 11.3 Å². The third-order valence-electron chi connectivity index (χ3n) is 3.02. The number of hydrogen-bond acceptors (Lipinski definition) is 3. The van der Waals surface area contributed by atoms with Crippen LogP contribution in [0.4, 0.5) is 5.82 Å². The number of hydrogen-bond donors (Lipinski definition) is 0. The number of nitrogens with zero attached hydrogens (tertiary/aromatic N) is 3. The summed E-state index contributed by atoms with van der Waals surface area (Å²) < 4.78 is 0. The van der Waals surface area contributed by atoms with E-state index in [1.165, 1.54) is 5.56 Å². The molecule has 0 fully saturated rings. The highest BCUT2D eigenvalue weighted by molar-refractivity contribution is 5.40. The molecule has 1 atom stereocenters. The summed E-state index contributed by atoms with van der Waals surface area (Å²) in [5, 5.41) is 8.69. The smallest absolute Gasteiger partial charge is 0.128 e. The second-order valence-corrected chi connectivity index (χ2v) is 5.48. The van der Waals surface area contributed by atoms with Crippen molar-refractivity contribution in [1.82, 2.24) is 4.98 Å². The van der Waals surface area contributed by atoms with Gasteiger partial charge in [-0.2, -0.15) is 5.26 Å². The van der Waals surface area contributed by atoms with Crippen molar-refractivity contribution in [2.75, 3.05) is 11.9 Å². The first-order valence-electron chi connectivity index (χ1n) is 5.92. The van der Waals surface area contributed by atoms with Crippen LogP contribution in [-0.4, -0.2) is 18.1 Å². The number of anilines is 1. The summed E-state index contributed by atoms with van der Waals surface area (Å²) in [6, 6.07) is 6.50. The number of rotatable bonds is 3. The molecule has 0 radical (unpaired) electrons. The van der Waals surface area contributed by atoms with Gasteiger partial charge < -0.3 is 4.90 Å². The van der Waals surface area contributed by atoms with E-state index in [0.717, 1.165) is 5.82 Å². The Hall–Kier alpha value is -1.56. The zero-order valence-corrected chi connectivity index (χ0v) is 11.4. The minimum absolute atomic E-state index is 0.127. The Labute approximate surface area is 104 Å². The third kappa shape index (κ3) is 3.45. The van der Waals surface area contributed by atoms with Crippen LogP contribution in [0.2, 0.25) is 0 Å². The fourth-order valence-corrected chi connectivity index (χ4v) is 1.53. The lowest BCUT2D eigenvalue weighted by Gasteiger charge is -2.25. The Bertz CT molecular complexity index is 395. The standard InChI is InChI=1S/C14H21N3/c1-11(8-9-15)17(5)13-7-6-12(10-16-13)14(2,3)4/h6-7,10-11H,8H2,1-5H3. The van der Waals surface area contributed by atoms with Gasteiger partial charge in [-0.25, -0.2) is 4.98 Å². The summed E-state index contributed by atoms with van der Waals surface area (Å²) in [5.74, 6) is 0.917. The van der Waals surface area contributed by atoms with Gasteiger partial charge in [0.25, 0.3) is 0 Å². The Balaban J connectivity index is 2.85. The number of aromatic nitrogens is 1. The normalized spacial score (nSPS) is 12.9. The van der Waals surface area contributed by atoms with E-state index in [9.17, 15) is 0 Å². The van der Waals surface area contributed by atoms with Crippen molar-refractivity contribution in [3.05, 3.63) is 23.9 Å². The van der Waals surface area contributed by atoms with E-state index in [1.54, 1.807) is 0 Å². The molecule has 1 heterocycles. The summed E-state index contributed by atoms with van der Waals surface area (Å²) in [7, 11) is 1.97. The van der Waals surface area contributed by atoms with Crippen LogP contribution in [0.15, 0.2) is 18.3 Å². The van der Waals surface area contributed by atoms with Gasteiger partial charge in [-0.05, 0) is 24.0 Å². The van der Waals surface area contributed by atoms with Gasteiger partial charge in [-0.15, -0.1) is 0 Å². The van der Waals surface area contributed by atoms with E-state index in [4.69, 9.17) is 5.26 Å². The van der Waals surface area contributed by atoms with Crippen molar-refractivity contribution < 1.29 is 0 Å². The molecule has 1 aromatic rings. The summed E-state index contributed by atoms with van der Waals surface area (Å²) in [6.45, 7) is 8.55. The average Bonchev–Trinajstić information content (AvgIpc) is 2.27. The van der Waals surface area contributed by atoms with Gasteiger partial charge in [0.05, 0.1) is 12.5 Å². The molecular weight excluding hydrogens is 210 g/mol. The van der Waals surface area contributed by atoms with Crippen LogP contribution in [0.5, 0.6) is 0 Å². The number of nitriles is 1. The Kier molecular flexibility index (Phi) is 4.11. The van der Waals surface area contributed by atoms with E-state index in [1.807, 2.05) is 31.1 Å². The fourth-order valence-electron chi connectivity index (χ4n) is 1.53. The van der Waals surface area contributed by atoms with E-state index in [0.29, 0.717) is 6.42 Å². The Morgan fingerprint density at radius 2 is 2.06 bits per heavy atom. The highest BCUT2D eigenvalue weighted by atomic mass is 15.2. The summed E-state index contributed by atoms with van der Waals surface area (Å²) in [6.07, 6.45) is 2.43. The summed E-state index contributed by atoms with van der Waals surface area (Å²) >= 11 is 0. The zero-order chi connectivity index (χ0) is 13.1. The molecule has 3 nitrogen and oxygen atoms in total. The molecule has 0 amide bonds. The van der Waals surface area contributed by atoms with Crippen LogP contribution >= 0.6 is 0 Å². The van der Waals surface area contributed by atoms with E-state index >= 15 is 0 Å². The molecule has 0 aliphatic rings. The highest BCUT2D eigenvalue weighted by Gasteiger charge is 2.15. The minimum atomic E-state index is 0.127. The molecule has 92 valence electrons. The van der Waals surface area contributed by atoms with Crippen LogP contribution in [-0.2, 0) is 5.41 Å². The van der Waals surface area contributed by atoms with Crippen molar-refractivity contribution in [3.63, 3.8) is 0 Å². The van der Waals surface area contributed by atoms with Gasteiger partial charge in [0, 0.05) is 19.3 Å². The molecule has 0 N–H and O–H groups in total. The van der Waals surface area contributed by atoms with Crippen LogP contribution in [0.3, 0.4) is 0 Å². The molecule has 0 aromatic carbocycles. The van der Waals surface area contributed by atoms with Gasteiger partial charge >= 0.3 is 0 Å². The zero-order valence-electron chi connectivity index (χ0n) is 11.4. The predicted octanol–water partition coefficient (Wildman–Crippen LogP) is 3.12. The van der Waals surface area contributed by atoms with Crippen LogP contribution in [0.1, 0.15) is 39.7 Å². The average molecular weight is 231 g/mol. The summed E-state index contributed by atoms with van der Waals surface area (Å²) in [5.41, 5.74) is 1.35. The topological polar surface area (TPSA) is 39.9 Å². The van der Waals surface area contributed by atoms with E-state index < -0.39 is 0 Å². The molecule has 1 unspecified atom stereocenters. The fraction of sp³-hybridized carbons (Fsp3) is 0.571. The molecule has 0 bridgehead atoms. The van der Waals surface area contributed by atoms with Gasteiger partial charge in [0.15, 0.2) is 0 Å². The van der Waals surface area contributed by atoms with Gasteiger partial charge in [0.1, 0.15) is 5.82 Å². The molecule has 0 aliphatic carbocycles. The first kappa shape index (κ1) is 13.5. The molecule has 0 saturated heterocycles. The largest absolute Gasteiger partial charge is 0.356 e. The van der Waals surface area contributed by atoms with Gasteiger partial charge in [-0.1, -0.05) is 26.8 Å². The van der Waals surface area contributed by atoms with Crippen molar-refractivity contribution in [2.45, 2.75) is 45.6 Å². The van der Waals surface area contributed by atoms with E-state index in [-0.39, 0.29) is 11.5 Å². The maximum atomic E-state index is 8.69. The SMILES string of the molecule is CC(CC#N)N(C)c1ccc(C(C)(C)C)cn1. The highest BCUT2D eigenvalue weighted by Crippen LogP contribution is 2.23. The maximum absolute atomic E-state index is 8.69. The molecule has 1 aromatic heterocycles. The van der Waals surface area contributed by atoms with Crippen molar-refractivity contribution in [3.8, 4) is 6.07 Å². The molecule has 3 heteroatoms. The van der Waals surface area contributed by atoms with Crippen LogP contribution < -0.4 is 4.90 Å². The van der Waals surface area contributed by atoms with Crippen molar-refractivity contribution in [2.24, 2.45) is 0 Å². The lowest BCUT2D eigenvalue weighted by atomic mass is 9.88. The molecule has 0 saturated carbocycles. The molecule has 0 spiro atoms. The summed E-state index contributed by atoms with van der Waals surface area (Å²) in [4.78, 5) is 6.50. The van der Waals surface area contributed by atoms with Gasteiger partial charge in [0.2, 0.25) is 0 Å². The van der Waals surface area contributed by atoms with Crippen LogP contribution in [0.25, 0.3) is 0 Å². The van der Waals surface area contributed by atoms with E-state index in [2.05, 4.69) is 37.9 Å². The second kappa shape index (κ2) is 5.18. The Morgan fingerprint density at radius 3 is 2.47 bits per heavy atom. The second-order valence-electron chi connectivity index (χ2n) is 5.48. The first-order chi connectivity index (χ1) is 7.86.